The number of carbonyl (C=O) groups is 1. The van der Waals surface area contributed by atoms with E-state index in [9.17, 15) is 4.79 Å². The third-order valence-electron chi connectivity index (χ3n) is 2.26. The number of para-hydroxylation sites is 1. The third kappa shape index (κ3) is 3.79. The molecule has 0 radical (unpaired) electrons. The van der Waals surface area contributed by atoms with E-state index in [2.05, 4.69) is 5.32 Å². The molecule has 0 spiro atoms. The molecule has 0 aliphatic carbocycles. The monoisotopic (exact) mass is 277 g/mol. The predicted octanol–water partition coefficient (Wildman–Crippen LogP) is 4.07. The lowest BCUT2D eigenvalue weighted by Gasteiger charge is -2.06. The summed E-state index contributed by atoms with van der Waals surface area (Å²) in [5, 5.41) is 3.34. The second kappa shape index (κ2) is 6.47. The third-order valence-corrected chi connectivity index (χ3v) is 3.60. The highest BCUT2D eigenvalue weighted by molar-refractivity contribution is 8.00. The maximum atomic E-state index is 11.7. The molecule has 1 amide bonds. The number of thioether (sulfide) groups is 1. The molecule has 18 heavy (non-hydrogen) atoms. The molecule has 0 saturated heterocycles. The molecule has 1 N–H and O–H groups in total. The highest BCUT2D eigenvalue weighted by Crippen LogP contribution is 2.22. The summed E-state index contributed by atoms with van der Waals surface area (Å²) in [5.74, 6) is 0.312. The van der Waals surface area contributed by atoms with Gasteiger partial charge in [0, 0.05) is 4.90 Å². The molecule has 0 aliphatic heterocycles. The largest absolute Gasteiger partial charge is 0.324 e. The van der Waals surface area contributed by atoms with E-state index in [1.807, 2.05) is 42.5 Å². The fourth-order valence-corrected chi connectivity index (χ4v) is 2.32. The van der Waals surface area contributed by atoms with E-state index < -0.39 is 0 Å². The summed E-state index contributed by atoms with van der Waals surface area (Å²) in [4.78, 5) is 12.8. The van der Waals surface area contributed by atoms with Gasteiger partial charge in [-0.1, -0.05) is 41.9 Å². The van der Waals surface area contributed by atoms with Gasteiger partial charge in [-0.2, -0.15) is 0 Å². The van der Waals surface area contributed by atoms with Crippen molar-refractivity contribution >= 4 is 35.0 Å². The number of carbonyl (C=O) groups excluding carboxylic acids is 1. The number of hydrogen-bond acceptors (Lipinski definition) is 2. The zero-order chi connectivity index (χ0) is 12.8. The van der Waals surface area contributed by atoms with Crippen molar-refractivity contribution in [1.29, 1.82) is 0 Å². The van der Waals surface area contributed by atoms with Crippen LogP contribution in [0.15, 0.2) is 59.5 Å². The molecule has 2 nitrogen and oxygen atoms in total. The van der Waals surface area contributed by atoms with Crippen LogP contribution in [0.3, 0.4) is 0 Å². The fourth-order valence-electron chi connectivity index (χ4n) is 1.41. The van der Waals surface area contributed by atoms with Gasteiger partial charge in [-0.15, -0.1) is 11.8 Å². The minimum atomic E-state index is -0.0584. The number of halogens is 1. The quantitative estimate of drug-likeness (QED) is 0.854. The molecule has 0 heterocycles. The highest BCUT2D eigenvalue weighted by Gasteiger charge is 2.05. The maximum absolute atomic E-state index is 11.7. The molecular weight excluding hydrogens is 266 g/mol. The molecule has 2 aromatic carbocycles. The summed E-state index contributed by atoms with van der Waals surface area (Å²) in [6, 6.07) is 17.0. The van der Waals surface area contributed by atoms with E-state index >= 15 is 0 Å². The van der Waals surface area contributed by atoms with Crippen LogP contribution in [0.5, 0.6) is 0 Å². The summed E-state index contributed by atoms with van der Waals surface area (Å²) in [5.41, 5.74) is 0.651. The Morgan fingerprint density at radius 1 is 1.06 bits per heavy atom. The van der Waals surface area contributed by atoms with Crippen molar-refractivity contribution in [2.45, 2.75) is 4.90 Å². The van der Waals surface area contributed by atoms with Gasteiger partial charge in [0.15, 0.2) is 0 Å². The van der Waals surface area contributed by atoms with Gasteiger partial charge in [0.25, 0.3) is 0 Å². The highest BCUT2D eigenvalue weighted by atomic mass is 35.5. The molecule has 2 aromatic rings. The Balaban J connectivity index is 1.88. The van der Waals surface area contributed by atoms with Gasteiger partial charge in [0.1, 0.15) is 0 Å². The number of benzene rings is 2. The number of rotatable bonds is 4. The van der Waals surface area contributed by atoms with Crippen molar-refractivity contribution in [2.24, 2.45) is 0 Å². The molecule has 0 aliphatic rings. The molecule has 2 rings (SSSR count). The normalized spacial score (nSPS) is 10.1. The minimum absolute atomic E-state index is 0.0584. The van der Waals surface area contributed by atoms with Gasteiger partial charge < -0.3 is 5.32 Å². The number of amides is 1. The van der Waals surface area contributed by atoms with Gasteiger partial charge in [0.2, 0.25) is 5.91 Å². The van der Waals surface area contributed by atoms with E-state index in [0.717, 1.165) is 4.90 Å². The predicted molar refractivity (Wildman–Crippen MR) is 77.2 cm³/mol. The van der Waals surface area contributed by atoms with Crippen molar-refractivity contribution in [2.75, 3.05) is 11.1 Å². The van der Waals surface area contributed by atoms with Crippen LogP contribution in [0, 0.1) is 0 Å². The maximum Gasteiger partial charge on any atom is 0.234 e. The van der Waals surface area contributed by atoms with Crippen LogP contribution < -0.4 is 5.32 Å². The first-order valence-electron chi connectivity index (χ1n) is 5.48. The van der Waals surface area contributed by atoms with Gasteiger partial charge in [0.05, 0.1) is 16.5 Å². The standard InChI is InChI=1S/C14H12ClNOS/c15-12-8-4-5-9-13(12)16-14(17)10-18-11-6-2-1-3-7-11/h1-9H,10H2,(H,16,17). The lowest BCUT2D eigenvalue weighted by Crippen LogP contribution is -2.14. The van der Waals surface area contributed by atoms with Crippen molar-refractivity contribution in [3.8, 4) is 0 Å². The van der Waals surface area contributed by atoms with Gasteiger partial charge in [-0.25, -0.2) is 0 Å². The van der Waals surface area contributed by atoms with E-state index in [1.165, 1.54) is 11.8 Å². The average molecular weight is 278 g/mol. The lowest BCUT2D eigenvalue weighted by molar-refractivity contribution is -0.113. The fraction of sp³-hybridized carbons (Fsp3) is 0.0714. The Kier molecular flexibility index (Phi) is 4.67. The SMILES string of the molecule is O=C(CSc1ccccc1)Nc1ccccc1Cl. The smallest absolute Gasteiger partial charge is 0.234 e. The summed E-state index contributed by atoms with van der Waals surface area (Å²) in [7, 11) is 0. The molecule has 0 saturated carbocycles. The average Bonchev–Trinajstić information content (AvgIpc) is 2.40. The molecule has 0 unspecified atom stereocenters. The van der Waals surface area contributed by atoms with E-state index in [-0.39, 0.29) is 5.91 Å². The van der Waals surface area contributed by atoms with Crippen LogP contribution in [-0.4, -0.2) is 11.7 Å². The van der Waals surface area contributed by atoms with E-state index in [1.54, 1.807) is 12.1 Å². The molecule has 0 fully saturated rings. The summed E-state index contributed by atoms with van der Waals surface area (Å²) in [6.07, 6.45) is 0. The number of anilines is 1. The van der Waals surface area contributed by atoms with Crippen molar-refractivity contribution in [3.63, 3.8) is 0 Å². The second-order valence-electron chi connectivity index (χ2n) is 3.63. The Morgan fingerprint density at radius 3 is 2.44 bits per heavy atom. The topological polar surface area (TPSA) is 29.1 Å². The Labute approximate surface area is 115 Å². The first-order valence-corrected chi connectivity index (χ1v) is 6.84. The van der Waals surface area contributed by atoms with Crippen LogP contribution >= 0.6 is 23.4 Å². The lowest BCUT2D eigenvalue weighted by atomic mass is 10.3. The van der Waals surface area contributed by atoms with Crippen molar-refractivity contribution in [1.82, 2.24) is 0 Å². The number of nitrogens with one attached hydrogen (secondary N) is 1. The van der Waals surface area contributed by atoms with Gasteiger partial charge >= 0.3 is 0 Å². The van der Waals surface area contributed by atoms with Crippen LogP contribution in [0.4, 0.5) is 5.69 Å². The minimum Gasteiger partial charge on any atom is -0.324 e. The Bertz CT molecular complexity index is 530. The zero-order valence-corrected chi connectivity index (χ0v) is 11.2. The first-order chi connectivity index (χ1) is 8.75. The Hall–Kier alpha value is -1.45. The van der Waals surface area contributed by atoms with Crippen LogP contribution in [0.2, 0.25) is 5.02 Å². The van der Waals surface area contributed by atoms with Gasteiger partial charge in [-0.05, 0) is 24.3 Å². The second-order valence-corrected chi connectivity index (χ2v) is 5.09. The van der Waals surface area contributed by atoms with Gasteiger partial charge in [-0.3, -0.25) is 4.79 Å². The summed E-state index contributed by atoms with van der Waals surface area (Å²) < 4.78 is 0. The Morgan fingerprint density at radius 2 is 1.72 bits per heavy atom. The number of hydrogen-bond donors (Lipinski definition) is 1. The molecule has 4 heteroatoms. The molecule has 0 aromatic heterocycles. The van der Waals surface area contributed by atoms with Crippen LogP contribution in [0.25, 0.3) is 0 Å². The summed E-state index contributed by atoms with van der Waals surface area (Å²) >= 11 is 7.46. The molecular formula is C14H12ClNOS. The molecule has 92 valence electrons. The zero-order valence-electron chi connectivity index (χ0n) is 9.60. The molecule has 0 bridgehead atoms. The van der Waals surface area contributed by atoms with E-state index in [0.29, 0.717) is 16.5 Å². The first kappa shape index (κ1) is 13.0. The van der Waals surface area contributed by atoms with E-state index in [4.69, 9.17) is 11.6 Å². The van der Waals surface area contributed by atoms with Crippen molar-refractivity contribution in [3.05, 3.63) is 59.6 Å². The molecule has 0 atom stereocenters. The van der Waals surface area contributed by atoms with Crippen molar-refractivity contribution < 1.29 is 4.79 Å². The van der Waals surface area contributed by atoms with Crippen LogP contribution in [-0.2, 0) is 4.79 Å². The summed E-state index contributed by atoms with van der Waals surface area (Å²) in [6.45, 7) is 0. The van der Waals surface area contributed by atoms with Crippen LogP contribution in [0.1, 0.15) is 0 Å².